The summed E-state index contributed by atoms with van der Waals surface area (Å²) in [6.45, 7) is 4.17. The molecular weight excluding hydrogens is 190 g/mol. The smallest absolute Gasteiger partial charge is 0.106 e. The number of hydrogen-bond donors (Lipinski definition) is 0. The minimum atomic E-state index is 0.895. The average Bonchev–Trinajstić information content (AvgIpc) is 1.88. The summed E-state index contributed by atoms with van der Waals surface area (Å²) >= 11 is 3.31. The van der Waals surface area contributed by atoms with E-state index in [-0.39, 0.29) is 0 Å². The summed E-state index contributed by atoms with van der Waals surface area (Å²) in [5.74, 6) is 1.31. The van der Waals surface area contributed by atoms with E-state index in [1.807, 2.05) is 12.1 Å². The quantitative estimate of drug-likeness (QED) is 0.633. The van der Waals surface area contributed by atoms with Crippen molar-refractivity contribution in [2.45, 2.75) is 13.8 Å². The highest BCUT2D eigenvalue weighted by Crippen LogP contribution is 2.15. The monoisotopic (exact) mass is 198 g/mol. The predicted molar refractivity (Wildman–Crippen MR) is 45.6 cm³/mol. The molecule has 0 aliphatic heterocycles. The zero-order valence-corrected chi connectivity index (χ0v) is 7.64. The summed E-state index contributed by atoms with van der Waals surface area (Å²) in [4.78, 5) is 4.03. The summed E-state index contributed by atoms with van der Waals surface area (Å²) in [6.07, 6.45) is 1.80. The van der Waals surface area contributed by atoms with Gasteiger partial charge in [-0.25, -0.2) is 4.98 Å². The molecule has 10 heavy (non-hydrogen) atoms. The van der Waals surface area contributed by atoms with Crippen LogP contribution in [0.5, 0.6) is 0 Å². The van der Waals surface area contributed by atoms with Gasteiger partial charge in [0.15, 0.2) is 0 Å². The molecule has 0 saturated heterocycles. The average molecular weight is 199 g/mol. The molecule has 1 aromatic rings. The van der Waals surface area contributed by atoms with Crippen LogP contribution in [-0.4, -0.2) is 4.98 Å². The first kappa shape index (κ1) is 7.73. The zero-order chi connectivity index (χ0) is 7.56. The maximum absolute atomic E-state index is 4.03. The van der Waals surface area contributed by atoms with Gasteiger partial charge in [0.1, 0.15) is 4.60 Å². The maximum atomic E-state index is 4.03. The number of halogens is 1. The van der Waals surface area contributed by atoms with Gasteiger partial charge in [0.05, 0.1) is 0 Å². The standard InChI is InChI=1S/C8H9BrN/c1-6(2)7-3-4-10-8(9)5-7/h3-5H,1-2H3. The van der Waals surface area contributed by atoms with Crippen LogP contribution < -0.4 is 0 Å². The van der Waals surface area contributed by atoms with E-state index in [0.29, 0.717) is 0 Å². The molecule has 1 rings (SSSR count). The van der Waals surface area contributed by atoms with Gasteiger partial charge in [0, 0.05) is 6.20 Å². The van der Waals surface area contributed by atoms with Gasteiger partial charge in [-0.2, -0.15) is 0 Å². The molecule has 1 heterocycles. The highest BCUT2D eigenvalue weighted by Gasteiger charge is 1.98. The Morgan fingerprint density at radius 3 is 2.60 bits per heavy atom. The third kappa shape index (κ3) is 1.81. The van der Waals surface area contributed by atoms with Crippen molar-refractivity contribution in [3.8, 4) is 0 Å². The van der Waals surface area contributed by atoms with E-state index in [1.165, 1.54) is 11.5 Å². The van der Waals surface area contributed by atoms with Crippen molar-refractivity contribution in [2.75, 3.05) is 0 Å². The van der Waals surface area contributed by atoms with Crippen molar-refractivity contribution in [3.05, 3.63) is 34.4 Å². The lowest BCUT2D eigenvalue weighted by Crippen LogP contribution is -1.87. The molecule has 0 spiro atoms. The first-order valence-corrected chi connectivity index (χ1v) is 3.91. The van der Waals surface area contributed by atoms with Crippen LogP contribution in [0.4, 0.5) is 0 Å². The van der Waals surface area contributed by atoms with E-state index in [1.54, 1.807) is 6.20 Å². The van der Waals surface area contributed by atoms with E-state index < -0.39 is 0 Å². The van der Waals surface area contributed by atoms with Crippen LogP contribution in [0.3, 0.4) is 0 Å². The van der Waals surface area contributed by atoms with Gasteiger partial charge in [0.25, 0.3) is 0 Å². The SMILES string of the molecule is C[C](C)c1ccnc(Br)c1. The fraction of sp³-hybridized carbons (Fsp3) is 0.250. The summed E-state index contributed by atoms with van der Waals surface area (Å²) in [6, 6.07) is 4.01. The third-order valence-corrected chi connectivity index (χ3v) is 1.74. The van der Waals surface area contributed by atoms with Crippen LogP contribution in [0, 0.1) is 5.92 Å². The number of rotatable bonds is 1. The number of nitrogens with zero attached hydrogens (tertiary/aromatic N) is 1. The van der Waals surface area contributed by atoms with Crippen LogP contribution in [0.25, 0.3) is 0 Å². The van der Waals surface area contributed by atoms with E-state index in [0.717, 1.165) is 4.60 Å². The molecular formula is C8H9BrN. The van der Waals surface area contributed by atoms with Crippen molar-refractivity contribution in [3.63, 3.8) is 0 Å². The molecule has 0 aliphatic carbocycles. The van der Waals surface area contributed by atoms with Crippen LogP contribution in [-0.2, 0) is 0 Å². The van der Waals surface area contributed by atoms with Gasteiger partial charge in [0.2, 0.25) is 0 Å². The van der Waals surface area contributed by atoms with Crippen LogP contribution >= 0.6 is 15.9 Å². The molecule has 0 aromatic carbocycles. The Morgan fingerprint density at radius 1 is 1.50 bits per heavy atom. The van der Waals surface area contributed by atoms with Crippen LogP contribution in [0.2, 0.25) is 0 Å². The normalized spacial score (nSPS) is 10.4. The second kappa shape index (κ2) is 3.15. The van der Waals surface area contributed by atoms with Crippen molar-refractivity contribution < 1.29 is 0 Å². The number of aromatic nitrogens is 1. The lowest BCUT2D eigenvalue weighted by molar-refractivity contribution is 1.12. The highest BCUT2D eigenvalue weighted by molar-refractivity contribution is 9.10. The maximum Gasteiger partial charge on any atom is 0.106 e. The summed E-state index contributed by atoms with van der Waals surface area (Å²) in [5.41, 5.74) is 1.24. The molecule has 0 bridgehead atoms. The van der Waals surface area contributed by atoms with E-state index in [9.17, 15) is 0 Å². The molecule has 0 fully saturated rings. The van der Waals surface area contributed by atoms with E-state index in [4.69, 9.17) is 0 Å². The highest BCUT2D eigenvalue weighted by atomic mass is 79.9. The van der Waals surface area contributed by atoms with Gasteiger partial charge in [-0.15, -0.1) is 0 Å². The molecule has 0 N–H and O–H groups in total. The minimum Gasteiger partial charge on any atom is -0.249 e. The summed E-state index contributed by atoms with van der Waals surface area (Å²) < 4.78 is 0.895. The molecule has 0 saturated carbocycles. The first-order chi connectivity index (χ1) is 4.70. The molecule has 1 aromatic heterocycles. The number of hydrogen-bond acceptors (Lipinski definition) is 1. The van der Waals surface area contributed by atoms with Gasteiger partial charge in [-0.3, -0.25) is 0 Å². The van der Waals surface area contributed by atoms with Gasteiger partial charge in [-0.1, -0.05) is 13.8 Å². The van der Waals surface area contributed by atoms with Gasteiger partial charge in [-0.05, 0) is 39.5 Å². The van der Waals surface area contributed by atoms with Gasteiger partial charge < -0.3 is 0 Å². The third-order valence-electron chi connectivity index (χ3n) is 1.30. The zero-order valence-electron chi connectivity index (χ0n) is 6.06. The molecule has 0 amide bonds. The molecule has 0 unspecified atom stereocenters. The molecule has 0 aliphatic rings. The molecule has 1 radical (unpaired) electrons. The van der Waals surface area contributed by atoms with Crippen LogP contribution in [0.1, 0.15) is 19.4 Å². The second-order valence-electron chi connectivity index (χ2n) is 2.37. The second-order valence-corrected chi connectivity index (χ2v) is 3.18. The lowest BCUT2D eigenvalue weighted by Gasteiger charge is -2.02. The Labute approximate surface area is 69.6 Å². The first-order valence-electron chi connectivity index (χ1n) is 3.12. The molecule has 53 valence electrons. The Morgan fingerprint density at radius 2 is 2.20 bits per heavy atom. The summed E-state index contributed by atoms with van der Waals surface area (Å²) in [5, 5.41) is 0. The van der Waals surface area contributed by atoms with Gasteiger partial charge >= 0.3 is 0 Å². The largest absolute Gasteiger partial charge is 0.249 e. The summed E-state index contributed by atoms with van der Waals surface area (Å²) in [7, 11) is 0. The van der Waals surface area contributed by atoms with E-state index >= 15 is 0 Å². The van der Waals surface area contributed by atoms with Crippen molar-refractivity contribution in [1.29, 1.82) is 0 Å². The fourth-order valence-corrected chi connectivity index (χ4v) is 1.08. The Balaban J connectivity index is 2.96. The predicted octanol–water partition coefficient (Wildman–Crippen LogP) is 2.81. The topological polar surface area (TPSA) is 12.9 Å². The minimum absolute atomic E-state index is 0.895. The Kier molecular flexibility index (Phi) is 2.44. The van der Waals surface area contributed by atoms with Crippen LogP contribution in [0.15, 0.2) is 22.9 Å². The number of pyridine rings is 1. The van der Waals surface area contributed by atoms with E-state index in [2.05, 4.69) is 34.8 Å². The van der Waals surface area contributed by atoms with Crippen molar-refractivity contribution in [1.82, 2.24) is 4.98 Å². The van der Waals surface area contributed by atoms with Crippen molar-refractivity contribution >= 4 is 15.9 Å². The molecule has 2 heteroatoms. The lowest BCUT2D eigenvalue weighted by atomic mass is 10.1. The molecule has 0 atom stereocenters. The Bertz CT molecular complexity index is 220. The Hall–Kier alpha value is -0.370. The fourth-order valence-electron chi connectivity index (χ4n) is 0.713. The molecule has 1 nitrogen and oxygen atoms in total. The van der Waals surface area contributed by atoms with Crippen molar-refractivity contribution in [2.24, 2.45) is 0 Å².